The van der Waals surface area contributed by atoms with Crippen molar-refractivity contribution in [2.24, 2.45) is 5.73 Å². The van der Waals surface area contributed by atoms with E-state index in [2.05, 4.69) is 0 Å². The third kappa shape index (κ3) is 1.42. The summed E-state index contributed by atoms with van der Waals surface area (Å²) in [5, 5.41) is 9.50. The Morgan fingerprint density at radius 2 is 2.36 bits per heavy atom. The van der Waals surface area contributed by atoms with Gasteiger partial charge in [0.25, 0.3) is 0 Å². The zero-order valence-electron chi connectivity index (χ0n) is 7.93. The Bertz CT molecular complexity index is 340. The van der Waals surface area contributed by atoms with Crippen LogP contribution < -0.4 is 15.2 Å². The smallest absolute Gasteiger partial charge is 0.124 e. The molecular formula is C10H13NO3. The number of hydrogen-bond acceptors (Lipinski definition) is 4. The highest BCUT2D eigenvalue weighted by atomic mass is 16.5. The summed E-state index contributed by atoms with van der Waals surface area (Å²) in [5.74, 6) is 1.44. The van der Waals surface area contributed by atoms with Crippen molar-refractivity contribution in [3.8, 4) is 11.5 Å². The number of aliphatic hydroxyl groups is 1. The molecule has 0 aliphatic carbocycles. The first kappa shape index (κ1) is 9.30. The van der Waals surface area contributed by atoms with Gasteiger partial charge in [-0.3, -0.25) is 0 Å². The Morgan fingerprint density at radius 1 is 1.57 bits per heavy atom. The first-order chi connectivity index (χ1) is 6.72. The minimum absolute atomic E-state index is 0.250. The zero-order valence-corrected chi connectivity index (χ0v) is 7.93. The van der Waals surface area contributed by atoms with Crippen LogP contribution in [0.15, 0.2) is 18.2 Å². The van der Waals surface area contributed by atoms with Gasteiger partial charge in [0.15, 0.2) is 0 Å². The average molecular weight is 195 g/mol. The van der Waals surface area contributed by atoms with E-state index in [-0.39, 0.29) is 6.61 Å². The summed E-state index contributed by atoms with van der Waals surface area (Å²) in [4.78, 5) is 0. The van der Waals surface area contributed by atoms with Crippen molar-refractivity contribution in [3.63, 3.8) is 0 Å². The van der Waals surface area contributed by atoms with E-state index in [0.29, 0.717) is 0 Å². The number of ether oxygens (including phenoxy) is 2. The average Bonchev–Trinajstić information content (AvgIpc) is 2.23. The highest BCUT2D eigenvalue weighted by Crippen LogP contribution is 2.33. The molecule has 1 aromatic carbocycles. The number of aliphatic hydroxyl groups excluding tert-OH is 1. The molecule has 0 aromatic heterocycles. The lowest BCUT2D eigenvalue weighted by molar-refractivity contribution is 0.0677. The summed E-state index contributed by atoms with van der Waals surface area (Å²) in [6.07, 6.45) is -0.644. The summed E-state index contributed by atoms with van der Waals surface area (Å²) in [6.45, 7) is 0.250. The molecule has 0 saturated heterocycles. The Kier molecular flexibility index (Phi) is 2.31. The van der Waals surface area contributed by atoms with Crippen LogP contribution in [0.3, 0.4) is 0 Å². The minimum atomic E-state index is -0.644. The molecule has 0 amide bonds. The van der Waals surface area contributed by atoms with E-state index in [4.69, 9.17) is 15.2 Å². The lowest BCUT2D eigenvalue weighted by atomic mass is 9.99. The fraction of sp³-hybridized carbons (Fsp3) is 0.400. The Balaban J connectivity index is 2.41. The van der Waals surface area contributed by atoms with Crippen LogP contribution in [0.2, 0.25) is 0 Å². The van der Waals surface area contributed by atoms with Crippen molar-refractivity contribution in [1.29, 1.82) is 0 Å². The van der Waals surface area contributed by atoms with Gasteiger partial charge in [0.2, 0.25) is 0 Å². The van der Waals surface area contributed by atoms with E-state index in [1.165, 1.54) is 0 Å². The van der Waals surface area contributed by atoms with Crippen molar-refractivity contribution in [2.75, 3.05) is 13.7 Å². The largest absolute Gasteiger partial charge is 0.497 e. The van der Waals surface area contributed by atoms with Gasteiger partial charge in [-0.2, -0.15) is 0 Å². The van der Waals surface area contributed by atoms with Gasteiger partial charge in [-0.05, 0) is 18.2 Å². The molecule has 0 fully saturated rings. The molecule has 1 aromatic rings. The Morgan fingerprint density at radius 3 is 3.07 bits per heavy atom. The van der Waals surface area contributed by atoms with Crippen LogP contribution in [0.1, 0.15) is 11.6 Å². The monoisotopic (exact) mass is 195 g/mol. The van der Waals surface area contributed by atoms with Crippen LogP contribution in [0.25, 0.3) is 0 Å². The molecule has 0 spiro atoms. The van der Waals surface area contributed by atoms with Crippen LogP contribution in [-0.4, -0.2) is 24.9 Å². The first-order valence-corrected chi connectivity index (χ1v) is 4.46. The highest BCUT2D eigenvalue weighted by Gasteiger charge is 2.26. The van der Waals surface area contributed by atoms with E-state index in [9.17, 15) is 5.11 Å². The molecule has 1 aliphatic rings. The van der Waals surface area contributed by atoms with Gasteiger partial charge in [0.1, 0.15) is 24.2 Å². The maximum absolute atomic E-state index is 9.50. The second kappa shape index (κ2) is 3.48. The van der Waals surface area contributed by atoms with E-state index < -0.39 is 12.1 Å². The Labute approximate surface area is 82.2 Å². The summed E-state index contributed by atoms with van der Waals surface area (Å²) in [6, 6.07) is 5.01. The predicted octanol–water partition coefficient (Wildman–Crippen LogP) is 0.448. The molecule has 0 unspecified atom stereocenters. The van der Waals surface area contributed by atoms with E-state index in [0.717, 1.165) is 17.1 Å². The molecule has 76 valence electrons. The number of hydrogen-bond donors (Lipinski definition) is 2. The lowest BCUT2D eigenvalue weighted by Gasteiger charge is -2.27. The Hall–Kier alpha value is -1.26. The van der Waals surface area contributed by atoms with Crippen LogP contribution in [0.5, 0.6) is 11.5 Å². The lowest BCUT2D eigenvalue weighted by Crippen LogP contribution is -2.35. The molecule has 1 heterocycles. The zero-order chi connectivity index (χ0) is 10.1. The van der Waals surface area contributed by atoms with Gasteiger partial charge in [0.05, 0.1) is 13.2 Å². The standard InChI is InChI=1S/C10H13NO3/c1-13-6-2-3-9-7(4-6)10(11)8(12)5-14-9/h2-4,8,10,12H,5,11H2,1H3/t8-,10+/m0/s1. The van der Waals surface area contributed by atoms with Crippen molar-refractivity contribution < 1.29 is 14.6 Å². The normalized spacial score (nSPS) is 25.1. The van der Waals surface area contributed by atoms with Crippen molar-refractivity contribution in [1.82, 2.24) is 0 Å². The fourth-order valence-electron chi connectivity index (χ4n) is 1.53. The van der Waals surface area contributed by atoms with Crippen molar-refractivity contribution >= 4 is 0 Å². The molecule has 2 atom stereocenters. The topological polar surface area (TPSA) is 64.7 Å². The van der Waals surface area contributed by atoms with Gasteiger partial charge in [-0.25, -0.2) is 0 Å². The maximum atomic E-state index is 9.50. The summed E-state index contributed by atoms with van der Waals surface area (Å²) in [5.41, 5.74) is 6.62. The van der Waals surface area contributed by atoms with Gasteiger partial charge >= 0.3 is 0 Å². The van der Waals surface area contributed by atoms with Gasteiger partial charge < -0.3 is 20.3 Å². The minimum Gasteiger partial charge on any atom is -0.497 e. The quantitative estimate of drug-likeness (QED) is 0.682. The molecule has 0 saturated carbocycles. The summed E-state index contributed by atoms with van der Waals surface area (Å²) < 4.78 is 10.4. The highest BCUT2D eigenvalue weighted by molar-refractivity contribution is 5.43. The third-order valence-corrected chi connectivity index (χ3v) is 2.40. The summed E-state index contributed by atoms with van der Waals surface area (Å²) in [7, 11) is 1.59. The van der Waals surface area contributed by atoms with Gasteiger partial charge in [0, 0.05) is 5.56 Å². The van der Waals surface area contributed by atoms with Crippen LogP contribution in [0.4, 0.5) is 0 Å². The van der Waals surface area contributed by atoms with Crippen molar-refractivity contribution in [3.05, 3.63) is 23.8 Å². The molecule has 2 rings (SSSR count). The number of benzene rings is 1. The predicted molar refractivity (Wildman–Crippen MR) is 51.4 cm³/mol. The van der Waals surface area contributed by atoms with Gasteiger partial charge in [-0.15, -0.1) is 0 Å². The molecule has 3 N–H and O–H groups in total. The van der Waals surface area contributed by atoms with E-state index >= 15 is 0 Å². The second-order valence-electron chi connectivity index (χ2n) is 3.31. The van der Waals surface area contributed by atoms with Gasteiger partial charge in [-0.1, -0.05) is 0 Å². The van der Waals surface area contributed by atoms with Crippen LogP contribution in [0, 0.1) is 0 Å². The molecule has 4 nitrogen and oxygen atoms in total. The third-order valence-electron chi connectivity index (χ3n) is 2.40. The summed E-state index contributed by atoms with van der Waals surface area (Å²) >= 11 is 0. The maximum Gasteiger partial charge on any atom is 0.124 e. The molecule has 14 heavy (non-hydrogen) atoms. The first-order valence-electron chi connectivity index (χ1n) is 4.46. The molecule has 0 bridgehead atoms. The number of nitrogens with two attached hydrogens (primary N) is 1. The SMILES string of the molecule is COc1ccc2c(c1)[C@@H](N)[C@@H](O)CO2. The van der Waals surface area contributed by atoms with E-state index in [1.54, 1.807) is 19.2 Å². The fourth-order valence-corrected chi connectivity index (χ4v) is 1.53. The van der Waals surface area contributed by atoms with Crippen LogP contribution in [-0.2, 0) is 0 Å². The number of methoxy groups -OCH3 is 1. The number of rotatable bonds is 1. The van der Waals surface area contributed by atoms with Crippen LogP contribution >= 0.6 is 0 Å². The molecule has 4 heteroatoms. The van der Waals surface area contributed by atoms with E-state index in [1.807, 2.05) is 6.07 Å². The molecule has 0 radical (unpaired) electrons. The van der Waals surface area contributed by atoms with Crippen molar-refractivity contribution in [2.45, 2.75) is 12.1 Å². The second-order valence-corrected chi connectivity index (χ2v) is 3.31. The molecular weight excluding hydrogens is 182 g/mol. The number of fused-ring (bicyclic) bond motifs is 1. The molecule has 1 aliphatic heterocycles.